The number of rotatable bonds is 3. The zero-order valence-corrected chi connectivity index (χ0v) is 10.0. The first kappa shape index (κ1) is 13.4. The molecule has 0 unspecified atom stereocenters. The van der Waals surface area contributed by atoms with Crippen molar-refractivity contribution in [3.05, 3.63) is 29.8 Å². The summed E-state index contributed by atoms with van der Waals surface area (Å²) < 4.78 is 25.7. The van der Waals surface area contributed by atoms with Crippen LogP contribution in [0.5, 0.6) is 0 Å². The molecule has 1 aromatic carbocycles. The fourth-order valence-corrected chi connectivity index (χ4v) is 1.78. The molecule has 2 amide bonds. The summed E-state index contributed by atoms with van der Waals surface area (Å²) >= 11 is 0. The van der Waals surface area contributed by atoms with Crippen LogP contribution in [0.2, 0.25) is 0 Å². The second-order valence-electron chi connectivity index (χ2n) is 4.18. The van der Waals surface area contributed by atoms with Crippen LogP contribution < -0.4 is 16.0 Å². The minimum Gasteiger partial charge on any atom is -0.353 e. The summed E-state index contributed by atoms with van der Waals surface area (Å²) in [5.41, 5.74) is 0.153. The van der Waals surface area contributed by atoms with E-state index in [-0.39, 0.29) is 18.0 Å². The SMILES string of the molecule is O=C(C[C@@H]1NCCNC1=O)Nc1ccc(F)c(F)c1. The topological polar surface area (TPSA) is 70.2 Å². The molecule has 2 rings (SSSR count). The first-order valence-electron chi connectivity index (χ1n) is 5.82. The number of piperazine rings is 1. The molecule has 0 aliphatic carbocycles. The van der Waals surface area contributed by atoms with Crippen LogP contribution in [-0.2, 0) is 9.59 Å². The number of carbonyl (C=O) groups is 2. The van der Waals surface area contributed by atoms with Crippen molar-refractivity contribution in [1.82, 2.24) is 10.6 Å². The van der Waals surface area contributed by atoms with Crippen molar-refractivity contribution >= 4 is 17.5 Å². The van der Waals surface area contributed by atoms with Gasteiger partial charge in [0.1, 0.15) is 0 Å². The Kier molecular flexibility index (Phi) is 4.06. The minimum absolute atomic E-state index is 0.0647. The predicted octanol–water partition coefficient (Wildman–Crippen LogP) is 0.381. The van der Waals surface area contributed by atoms with Crippen LogP contribution in [0.1, 0.15) is 6.42 Å². The number of benzene rings is 1. The summed E-state index contributed by atoms with van der Waals surface area (Å²) in [6.45, 7) is 1.12. The Balaban J connectivity index is 1.93. The van der Waals surface area contributed by atoms with Crippen molar-refractivity contribution < 1.29 is 18.4 Å². The van der Waals surface area contributed by atoms with Gasteiger partial charge in [-0.3, -0.25) is 9.59 Å². The number of amides is 2. The van der Waals surface area contributed by atoms with Gasteiger partial charge in [-0.05, 0) is 12.1 Å². The second-order valence-corrected chi connectivity index (χ2v) is 4.18. The molecular weight excluding hydrogens is 256 g/mol. The molecule has 1 aliphatic rings. The van der Waals surface area contributed by atoms with E-state index in [0.29, 0.717) is 13.1 Å². The van der Waals surface area contributed by atoms with Crippen molar-refractivity contribution in [3.63, 3.8) is 0 Å². The average Bonchev–Trinajstić information content (AvgIpc) is 2.37. The number of hydrogen-bond acceptors (Lipinski definition) is 3. The molecule has 19 heavy (non-hydrogen) atoms. The Morgan fingerprint density at radius 1 is 1.32 bits per heavy atom. The smallest absolute Gasteiger partial charge is 0.237 e. The molecule has 5 nitrogen and oxygen atoms in total. The minimum atomic E-state index is -1.04. The molecule has 1 heterocycles. The fourth-order valence-electron chi connectivity index (χ4n) is 1.78. The van der Waals surface area contributed by atoms with Crippen molar-refractivity contribution in [2.24, 2.45) is 0 Å². The second kappa shape index (κ2) is 5.75. The number of hydrogen-bond donors (Lipinski definition) is 3. The first-order chi connectivity index (χ1) is 9.06. The average molecular weight is 269 g/mol. The molecular formula is C12H13F2N3O2. The molecule has 1 fully saturated rings. The quantitative estimate of drug-likeness (QED) is 0.743. The van der Waals surface area contributed by atoms with Gasteiger partial charge in [0.05, 0.1) is 12.5 Å². The van der Waals surface area contributed by atoms with Gasteiger partial charge >= 0.3 is 0 Å². The lowest BCUT2D eigenvalue weighted by Gasteiger charge is -2.22. The highest BCUT2D eigenvalue weighted by Crippen LogP contribution is 2.13. The maximum Gasteiger partial charge on any atom is 0.237 e. The number of halogens is 2. The molecule has 102 valence electrons. The van der Waals surface area contributed by atoms with E-state index in [1.165, 1.54) is 6.07 Å². The van der Waals surface area contributed by atoms with Crippen molar-refractivity contribution in [1.29, 1.82) is 0 Å². The summed E-state index contributed by atoms with van der Waals surface area (Å²) in [5.74, 6) is -2.70. The molecule has 1 aromatic rings. The maximum absolute atomic E-state index is 12.9. The molecule has 1 atom stereocenters. The third-order valence-electron chi connectivity index (χ3n) is 2.72. The van der Waals surface area contributed by atoms with E-state index in [0.717, 1.165) is 12.1 Å². The van der Waals surface area contributed by atoms with Gasteiger partial charge in [-0.1, -0.05) is 0 Å². The van der Waals surface area contributed by atoms with E-state index in [1.54, 1.807) is 0 Å². The van der Waals surface area contributed by atoms with E-state index in [2.05, 4.69) is 16.0 Å². The van der Waals surface area contributed by atoms with Gasteiger partial charge in [0, 0.05) is 24.8 Å². The van der Waals surface area contributed by atoms with Crippen LogP contribution in [0.15, 0.2) is 18.2 Å². The Hall–Kier alpha value is -2.02. The van der Waals surface area contributed by atoms with Gasteiger partial charge in [-0.2, -0.15) is 0 Å². The molecule has 1 saturated heterocycles. The summed E-state index contributed by atoms with van der Waals surface area (Å²) in [7, 11) is 0. The zero-order chi connectivity index (χ0) is 13.8. The van der Waals surface area contributed by atoms with Gasteiger partial charge in [0.25, 0.3) is 0 Å². The molecule has 0 aromatic heterocycles. The molecule has 3 N–H and O–H groups in total. The maximum atomic E-state index is 12.9. The largest absolute Gasteiger partial charge is 0.353 e. The van der Waals surface area contributed by atoms with Crippen LogP contribution in [0, 0.1) is 11.6 Å². The molecule has 0 spiro atoms. The number of carbonyl (C=O) groups excluding carboxylic acids is 2. The monoisotopic (exact) mass is 269 g/mol. The lowest BCUT2D eigenvalue weighted by molar-refractivity contribution is -0.127. The number of nitrogens with one attached hydrogen (secondary N) is 3. The highest BCUT2D eigenvalue weighted by Gasteiger charge is 2.24. The lowest BCUT2D eigenvalue weighted by atomic mass is 10.1. The zero-order valence-electron chi connectivity index (χ0n) is 10.0. The van der Waals surface area contributed by atoms with Gasteiger partial charge in [-0.15, -0.1) is 0 Å². The summed E-state index contributed by atoms with van der Waals surface area (Å²) in [5, 5.41) is 7.94. The fraction of sp³-hybridized carbons (Fsp3) is 0.333. The van der Waals surface area contributed by atoms with E-state index in [4.69, 9.17) is 0 Å². The third kappa shape index (κ3) is 3.47. The van der Waals surface area contributed by atoms with E-state index in [1.807, 2.05) is 0 Å². The van der Waals surface area contributed by atoms with Crippen molar-refractivity contribution in [3.8, 4) is 0 Å². The van der Waals surface area contributed by atoms with Crippen LogP contribution in [0.25, 0.3) is 0 Å². The molecule has 0 radical (unpaired) electrons. The van der Waals surface area contributed by atoms with E-state index >= 15 is 0 Å². The number of anilines is 1. The Morgan fingerprint density at radius 3 is 2.79 bits per heavy atom. The highest BCUT2D eigenvalue weighted by atomic mass is 19.2. The standard InChI is InChI=1S/C12H13F2N3O2/c13-8-2-1-7(5-9(8)14)17-11(18)6-10-12(19)16-4-3-15-10/h1-2,5,10,15H,3-4,6H2,(H,16,19)(H,17,18)/t10-/m0/s1. The van der Waals surface area contributed by atoms with Crippen LogP contribution in [0.3, 0.4) is 0 Å². The van der Waals surface area contributed by atoms with Crippen LogP contribution in [0.4, 0.5) is 14.5 Å². The lowest BCUT2D eigenvalue weighted by Crippen LogP contribution is -2.53. The Morgan fingerprint density at radius 2 is 2.11 bits per heavy atom. The first-order valence-corrected chi connectivity index (χ1v) is 5.82. The summed E-state index contributed by atoms with van der Waals surface area (Å²) in [4.78, 5) is 23.1. The van der Waals surface area contributed by atoms with Gasteiger partial charge in [0.15, 0.2) is 11.6 Å². The Bertz CT molecular complexity index is 508. The normalized spacial score (nSPS) is 18.8. The van der Waals surface area contributed by atoms with E-state index < -0.39 is 23.6 Å². The van der Waals surface area contributed by atoms with Crippen LogP contribution >= 0.6 is 0 Å². The van der Waals surface area contributed by atoms with Gasteiger partial charge in [-0.25, -0.2) is 8.78 Å². The molecule has 1 aliphatic heterocycles. The molecule has 0 saturated carbocycles. The summed E-state index contributed by atoms with van der Waals surface area (Å²) in [6, 6.07) is 2.47. The molecule has 7 heteroatoms. The highest BCUT2D eigenvalue weighted by molar-refractivity contribution is 5.95. The van der Waals surface area contributed by atoms with Crippen molar-refractivity contribution in [2.75, 3.05) is 18.4 Å². The summed E-state index contributed by atoms with van der Waals surface area (Å²) in [6.07, 6.45) is -0.0647. The van der Waals surface area contributed by atoms with Gasteiger partial charge in [0.2, 0.25) is 11.8 Å². The van der Waals surface area contributed by atoms with E-state index in [9.17, 15) is 18.4 Å². The molecule has 0 bridgehead atoms. The van der Waals surface area contributed by atoms with Crippen LogP contribution in [-0.4, -0.2) is 30.9 Å². The van der Waals surface area contributed by atoms with Crippen molar-refractivity contribution in [2.45, 2.75) is 12.5 Å². The third-order valence-corrected chi connectivity index (χ3v) is 2.72. The predicted molar refractivity (Wildman–Crippen MR) is 64.4 cm³/mol. The Labute approximate surface area is 108 Å². The van der Waals surface area contributed by atoms with Gasteiger partial charge < -0.3 is 16.0 Å².